The van der Waals surface area contributed by atoms with Gasteiger partial charge >= 0.3 is 5.97 Å². The van der Waals surface area contributed by atoms with Crippen LogP contribution < -0.4 is 5.32 Å². The predicted molar refractivity (Wildman–Crippen MR) is 109 cm³/mol. The molecule has 1 heterocycles. The van der Waals surface area contributed by atoms with E-state index in [0.29, 0.717) is 15.8 Å². The highest BCUT2D eigenvalue weighted by Crippen LogP contribution is 2.38. The maximum Gasteiger partial charge on any atom is 0.341 e. The standard InChI is InChI=1S/C20H29NO3S2/c1-13(25-14-9-5-3-6-10-14)18(22)21-19-17(20(23)24-2)15-11-7-4-8-12-16(15)26-19/h13-14H,3-12H2,1-2H3,(H,21,22). The van der Waals surface area contributed by atoms with Gasteiger partial charge in [0.25, 0.3) is 0 Å². The van der Waals surface area contributed by atoms with Gasteiger partial charge in [-0.3, -0.25) is 4.79 Å². The molecule has 2 aliphatic rings. The van der Waals surface area contributed by atoms with Crippen LogP contribution in [-0.2, 0) is 22.4 Å². The Kier molecular flexibility index (Phi) is 7.04. The minimum Gasteiger partial charge on any atom is -0.465 e. The molecule has 4 nitrogen and oxygen atoms in total. The van der Waals surface area contributed by atoms with E-state index in [0.717, 1.165) is 31.2 Å². The summed E-state index contributed by atoms with van der Waals surface area (Å²) in [5.74, 6) is -0.325. The molecule has 1 unspecified atom stereocenters. The first-order valence-electron chi connectivity index (χ1n) is 9.79. The summed E-state index contributed by atoms with van der Waals surface area (Å²) in [5.41, 5.74) is 1.69. The number of hydrogen-bond donors (Lipinski definition) is 1. The molecule has 0 aromatic carbocycles. The van der Waals surface area contributed by atoms with Gasteiger partial charge in [-0.1, -0.05) is 25.7 Å². The summed E-state index contributed by atoms with van der Waals surface area (Å²) in [4.78, 5) is 26.4. The minimum absolute atomic E-state index is 0.00198. The lowest BCUT2D eigenvalue weighted by Gasteiger charge is -2.23. The number of thioether (sulfide) groups is 1. The number of amides is 1. The number of hydrogen-bond acceptors (Lipinski definition) is 5. The molecule has 1 aromatic heterocycles. The monoisotopic (exact) mass is 395 g/mol. The van der Waals surface area contributed by atoms with E-state index in [4.69, 9.17) is 4.74 Å². The molecule has 6 heteroatoms. The number of thiophene rings is 1. The van der Waals surface area contributed by atoms with Crippen molar-refractivity contribution in [3.05, 3.63) is 16.0 Å². The molecular weight excluding hydrogens is 366 g/mol. The Labute approximate surface area is 164 Å². The number of carbonyl (C=O) groups excluding carboxylic acids is 2. The number of aryl methyl sites for hydroxylation is 1. The molecule has 3 rings (SSSR count). The van der Waals surface area contributed by atoms with Gasteiger partial charge in [-0.25, -0.2) is 4.79 Å². The van der Waals surface area contributed by atoms with Crippen LogP contribution in [0.25, 0.3) is 0 Å². The van der Waals surface area contributed by atoms with Gasteiger partial charge in [0.15, 0.2) is 0 Å². The zero-order valence-electron chi connectivity index (χ0n) is 15.8. The average Bonchev–Trinajstić information content (AvgIpc) is 2.82. The summed E-state index contributed by atoms with van der Waals surface area (Å²) in [7, 11) is 1.41. The molecule has 1 fully saturated rings. The second kappa shape index (κ2) is 9.27. The third-order valence-corrected chi connectivity index (χ3v) is 8.05. The molecule has 26 heavy (non-hydrogen) atoms. The van der Waals surface area contributed by atoms with E-state index >= 15 is 0 Å². The van der Waals surface area contributed by atoms with Crippen LogP contribution in [0, 0.1) is 0 Å². The number of nitrogens with one attached hydrogen (secondary N) is 1. The lowest BCUT2D eigenvalue weighted by molar-refractivity contribution is -0.115. The Hall–Kier alpha value is -1.01. The number of esters is 1. The molecule has 0 saturated heterocycles. The summed E-state index contributed by atoms with van der Waals surface area (Å²) < 4.78 is 5.02. The van der Waals surface area contributed by atoms with Crippen molar-refractivity contribution in [1.29, 1.82) is 0 Å². The van der Waals surface area contributed by atoms with Crippen LogP contribution in [0.5, 0.6) is 0 Å². The molecule has 0 radical (unpaired) electrons. The SMILES string of the molecule is COC(=O)c1c(NC(=O)C(C)SC2CCCCC2)sc2c1CCCCC2. The average molecular weight is 396 g/mol. The van der Waals surface area contributed by atoms with Crippen LogP contribution in [0.1, 0.15) is 79.1 Å². The van der Waals surface area contributed by atoms with Gasteiger partial charge in [0.1, 0.15) is 5.00 Å². The van der Waals surface area contributed by atoms with E-state index in [1.54, 1.807) is 23.1 Å². The minimum atomic E-state index is -0.327. The van der Waals surface area contributed by atoms with Gasteiger partial charge in [-0.15, -0.1) is 23.1 Å². The topological polar surface area (TPSA) is 55.4 Å². The zero-order chi connectivity index (χ0) is 18.5. The fourth-order valence-electron chi connectivity index (χ4n) is 3.91. The smallest absolute Gasteiger partial charge is 0.341 e. The van der Waals surface area contributed by atoms with Crippen LogP contribution in [0.2, 0.25) is 0 Å². The highest BCUT2D eigenvalue weighted by Gasteiger charge is 2.28. The largest absolute Gasteiger partial charge is 0.465 e. The van der Waals surface area contributed by atoms with Gasteiger partial charge < -0.3 is 10.1 Å². The van der Waals surface area contributed by atoms with E-state index in [-0.39, 0.29) is 17.1 Å². The number of ether oxygens (including phenoxy) is 1. The van der Waals surface area contributed by atoms with Gasteiger partial charge in [-0.05, 0) is 51.0 Å². The first-order chi connectivity index (χ1) is 12.6. The quantitative estimate of drug-likeness (QED) is 0.550. The summed E-state index contributed by atoms with van der Waals surface area (Å²) in [6.45, 7) is 1.98. The summed E-state index contributed by atoms with van der Waals surface area (Å²) in [6, 6.07) is 0. The lowest BCUT2D eigenvalue weighted by atomic mass is 10.0. The van der Waals surface area contributed by atoms with E-state index < -0.39 is 0 Å². The molecule has 0 bridgehead atoms. The number of fused-ring (bicyclic) bond motifs is 1. The van der Waals surface area contributed by atoms with Crippen molar-refractivity contribution < 1.29 is 14.3 Å². The second-order valence-electron chi connectivity index (χ2n) is 7.29. The van der Waals surface area contributed by atoms with Crippen LogP contribution in [-0.4, -0.2) is 29.5 Å². The van der Waals surface area contributed by atoms with Gasteiger partial charge in [0.2, 0.25) is 5.91 Å². The molecule has 0 aliphatic heterocycles. The number of carbonyl (C=O) groups is 2. The Morgan fingerprint density at radius 3 is 2.54 bits per heavy atom. The molecule has 1 saturated carbocycles. The number of anilines is 1. The van der Waals surface area contributed by atoms with Gasteiger partial charge in [-0.2, -0.15) is 0 Å². The van der Waals surface area contributed by atoms with Crippen LogP contribution in [0.4, 0.5) is 5.00 Å². The molecule has 1 amide bonds. The Balaban J connectivity index is 1.73. The number of rotatable bonds is 5. The predicted octanol–water partition coefficient (Wildman–Crippen LogP) is 5.20. The fourth-order valence-corrected chi connectivity index (χ4v) is 6.56. The molecule has 144 valence electrons. The summed E-state index contributed by atoms with van der Waals surface area (Å²) >= 11 is 3.35. The van der Waals surface area contributed by atoms with E-state index in [1.807, 2.05) is 6.92 Å². The molecule has 0 spiro atoms. The van der Waals surface area contributed by atoms with Crippen molar-refractivity contribution in [3.8, 4) is 0 Å². The maximum absolute atomic E-state index is 12.8. The lowest BCUT2D eigenvalue weighted by Crippen LogP contribution is -2.26. The molecule has 1 N–H and O–H groups in total. The highest BCUT2D eigenvalue weighted by atomic mass is 32.2. The van der Waals surface area contributed by atoms with Crippen LogP contribution >= 0.6 is 23.1 Å². The van der Waals surface area contributed by atoms with Crippen molar-refractivity contribution >= 4 is 40.0 Å². The molecule has 2 aliphatic carbocycles. The van der Waals surface area contributed by atoms with Crippen molar-refractivity contribution in [2.45, 2.75) is 81.6 Å². The Morgan fingerprint density at radius 1 is 1.12 bits per heavy atom. The Morgan fingerprint density at radius 2 is 1.81 bits per heavy atom. The van der Waals surface area contributed by atoms with E-state index in [1.165, 1.54) is 50.5 Å². The Bertz CT molecular complexity index is 650. The van der Waals surface area contributed by atoms with Crippen LogP contribution in [0.3, 0.4) is 0 Å². The first kappa shape index (κ1) is 19.7. The van der Waals surface area contributed by atoms with Gasteiger partial charge in [0, 0.05) is 10.1 Å². The van der Waals surface area contributed by atoms with Crippen LogP contribution in [0.15, 0.2) is 0 Å². The normalized spacial score (nSPS) is 19.3. The van der Waals surface area contributed by atoms with Crippen molar-refractivity contribution in [1.82, 2.24) is 0 Å². The third-order valence-electron chi connectivity index (χ3n) is 5.37. The van der Waals surface area contributed by atoms with Crippen molar-refractivity contribution in [2.24, 2.45) is 0 Å². The third kappa shape index (κ3) is 4.63. The molecule has 1 aromatic rings. The van der Waals surface area contributed by atoms with E-state index in [2.05, 4.69) is 5.32 Å². The zero-order valence-corrected chi connectivity index (χ0v) is 17.4. The van der Waals surface area contributed by atoms with Crippen molar-refractivity contribution in [2.75, 3.05) is 12.4 Å². The first-order valence-corrected chi connectivity index (χ1v) is 11.5. The summed E-state index contributed by atoms with van der Waals surface area (Å²) in [5, 5.41) is 4.22. The molecular formula is C20H29NO3S2. The second-order valence-corrected chi connectivity index (χ2v) is 10.0. The number of methoxy groups -OCH3 is 1. The summed E-state index contributed by atoms with van der Waals surface area (Å²) in [6.07, 6.45) is 11.6. The van der Waals surface area contributed by atoms with Crippen molar-refractivity contribution in [3.63, 3.8) is 0 Å². The van der Waals surface area contributed by atoms with Gasteiger partial charge in [0.05, 0.1) is 17.9 Å². The van der Waals surface area contributed by atoms with E-state index in [9.17, 15) is 9.59 Å². The maximum atomic E-state index is 12.8. The molecule has 1 atom stereocenters. The highest BCUT2D eigenvalue weighted by molar-refractivity contribution is 8.01. The fraction of sp³-hybridized carbons (Fsp3) is 0.700.